The van der Waals surface area contributed by atoms with Gasteiger partial charge in [0.1, 0.15) is 0 Å². The number of sulfone groups is 1. The van der Waals surface area contributed by atoms with Crippen molar-refractivity contribution in [3.63, 3.8) is 0 Å². The highest BCUT2D eigenvalue weighted by Crippen LogP contribution is 2.16. The van der Waals surface area contributed by atoms with E-state index in [0.717, 1.165) is 0 Å². The second kappa shape index (κ2) is 5.09. The van der Waals surface area contributed by atoms with Gasteiger partial charge in [0.15, 0.2) is 9.84 Å². The minimum Gasteiger partial charge on any atom is -0.475 e. The Morgan fingerprint density at radius 3 is 2.89 bits per heavy atom. The summed E-state index contributed by atoms with van der Waals surface area (Å²) < 4.78 is 28.1. The molecule has 0 aliphatic carbocycles. The summed E-state index contributed by atoms with van der Waals surface area (Å²) in [6.07, 6.45) is 2.23. The fraction of sp³-hybridized carbons (Fsp3) is 0.636. The molecule has 1 atom stereocenters. The van der Waals surface area contributed by atoms with Crippen LogP contribution >= 0.6 is 0 Å². The third-order valence-electron chi connectivity index (χ3n) is 2.55. The quantitative estimate of drug-likeness (QED) is 0.875. The Morgan fingerprint density at radius 1 is 1.50 bits per heavy atom. The number of anilines is 1. The van der Waals surface area contributed by atoms with Crippen LogP contribution in [0, 0.1) is 0 Å². The maximum Gasteiger partial charge on any atom is 0.226 e. The average molecular weight is 271 g/mol. The van der Waals surface area contributed by atoms with Gasteiger partial charge in [-0.2, -0.15) is 4.98 Å². The Labute approximate surface area is 107 Å². The minimum absolute atomic E-state index is 0.0413. The van der Waals surface area contributed by atoms with Gasteiger partial charge in [-0.15, -0.1) is 0 Å². The Kier molecular flexibility index (Phi) is 3.70. The number of ether oxygens (including phenoxy) is 1. The van der Waals surface area contributed by atoms with Crippen molar-refractivity contribution >= 4 is 15.8 Å². The van der Waals surface area contributed by atoms with E-state index in [0.29, 0.717) is 18.2 Å². The molecule has 2 heterocycles. The molecule has 1 aromatic heterocycles. The zero-order valence-corrected chi connectivity index (χ0v) is 11.3. The molecule has 1 N–H and O–H groups in total. The summed E-state index contributed by atoms with van der Waals surface area (Å²) in [7, 11) is -2.89. The van der Waals surface area contributed by atoms with Gasteiger partial charge in [-0.1, -0.05) is 0 Å². The fourth-order valence-corrected chi connectivity index (χ4v) is 3.48. The normalized spacial score (nSPS) is 22.1. The summed E-state index contributed by atoms with van der Waals surface area (Å²) in [5.41, 5.74) is 0. The van der Waals surface area contributed by atoms with Crippen LogP contribution in [0.25, 0.3) is 0 Å². The van der Waals surface area contributed by atoms with Crippen molar-refractivity contribution in [3.05, 3.63) is 12.3 Å². The molecule has 0 spiro atoms. The van der Waals surface area contributed by atoms with Crippen LogP contribution in [0.3, 0.4) is 0 Å². The first-order valence-corrected chi connectivity index (χ1v) is 7.73. The van der Waals surface area contributed by atoms with E-state index in [1.165, 1.54) is 0 Å². The standard InChI is InChI=1S/C11H17N3O3S/c1-8(2)17-10-3-5-12-11(14-10)13-9-4-6-18(15,16)7-9/h3,5,8-9H,4,6-7H2,1-2H3,(H,12,13,14). The molecule has 0 bridgehead atoms. The van der Waals surface area contributed by atoms with Crippen molar-refractivity contribution in [1.29, 1.82) is 0 Å². The van der Waals surface area contributed by atoms with Crippen molar-refractivity contribution in [1.82, 2.24) is 9.97 Å². The van der Waals surface area contributed by atoms with Gasteiger partial charge in [0.25, 0.3) is 0 Å². The molecule has 1 aromatic rings. The van der Waals surface area contributed by atoms with Gasteiger partial charge in [0, 0.05) is 18.3 Å². The first-order chi connectivity index (χ1) is 8.44. The lowest BCUT2D eigenvalue weighted by Gasteiger charge is -2.12. The zero-order valence-electron chi connectivity index (χ0n) is 10.5. The third kappa shape index (κ3) is 3.56. The first kappa shape index (κ1) is 13.1. The molecule has 2 rings (SSSR count). The highest BCUT2D eigenvalue weighted by Gasteiger charge is 2.28. The molecule has 1 aliphatic rings. The lowest BCUT2D eigenvalue weighted by molar-refractivity contribution is 0.232. The Bertz CT molecular complexity index is 516. The fourth-order valence-electron chi connectivity index (χ4n) is 1.81. The monoisotopic (exact) mass is 271 g/mol. The molecular weight excluding hydrogens is 254 g/mol. The third-order valence-corrected chi connectivity index (χ3v) is 4.32. The summed E-state index contributed by atoms with van der Waals surface area (Å²) in [6.45, 7) is 3.83. The summed E-state index contributed by atoms with van der Waals surface area (Å²) >= 11 is 0. The molecule has 100 valence electrons. The average Bonchev–Trinajstić information content (AvgIpc) is 2.57. The number of hydrogen-bond acceptors (Lipinski definition) is 6. The lowest BCUT2D eigenvalue weighted by Crippen LogP contribution is -2.22. The number of aromatic nitrogens is 2. The first-order valence-electron chi connectivity index (χ1n) is 5.91. The molecule has 7 heteroatoms. The van der Waals surface area contributed by atoms with E-state index >= 15 is 0 Å². The Balaban J connectivity index is 2.01. The van der Waals surface area contributed by atoms with Crippen LogP contribution in [-0.4, -0.2) is 42.0 Å². The van der Waals surface area contributed by atoms with Crippen molar-refractivity contribution in [2.75, 3.05) is 16.8 Å². The van der Waals surface area contributed by atoms with E-state index in [1.807, 2.05) is 13.8 Å². The van der Waals surface area contributed by atoms with Crippen LogP contribution in [0.15, 0.2) is 12.3 Å². The van der Waals surface area contributed by atoms with Gasteiger partial charge in [0.2, 0.25) is 11.8 Å². The molecule has 1 aliphatic heterocycles. The Hall–Kier alpha value is -1.37. The molecule has 0 radical (unpaired) electrons. The molecule has 1 fully saturated rings. The SMILES string of the molecule is CC(C)Oc1ccnc(NC2CCS(=O)(=O)C2)n1. The molecule has 0 amide bonds. The van der Waals surface area contributed by atoms with Crippen molar-refractivity contribution in [3.8, 4) is 5.88 Å². The van der Waals surface area contributed by atoms with Crippen LogP contribution in [0.2, 0.25) is 0 Å². The van der Waals surface area contributed by atoms with Crippen molar-refractivity contribution in [2.45, 2.75) is 32.4 Å². The zero-order chi connectivity index (χ0) is 13.2. The molecule has 6 nitrogen and oxygen atoms in total. The van der Waals surface area contributed by atoms with Gasteiger partial charge in [-0.25, -0.2) is 13.4 Å². The second-order valence-electron chi connectivity index (χ2n) is 4.63. The van der Waals surface area contributed by atoms with Gasteiger partial charge in [0.05, 0.1) is 17.6 Å². The maximum atomic E-state index is 11.3. The maximum absolute atomic E-state index is 11.3. The van der Waals surface area contributed by atoms with E-state index in [4.69, 9.17) is 4.74 Å². The lowest BCUT2D eigenvalue weighted by atomic mass is 10.3. The van der Waals surface area contributed by atoms with Gasteiger partial charge >= 0.3 is 0 Å². The van der Waals surface area contributed by atoms with Gasteiger partial charge in [-0.3, -0.25) is 0 Å². The predicted octanol–water partition coefficient (Wildman–Crippen LogP) is 0.863. The number of nitrogens with zero attached hydrogens (tertiary/aromatic N) is 2. The molecule has 18 heavy (non-hydrogen) atoms. The number of nitrogens with one attached hydrogen (secondary N) is 1. The van der Waals surface area contributed by atoms with Crippen LogP contribution < -0.4 is 10.1 Å². The topological polar surface area (TPSA) is 81.2 Å². The van der Waals surface area contributed by atoms with E-state index in [-0.39, 0.29) is 23.7 Å². The van der Waals surface area contributed by atoms with Crippen LogP contribution in [0.1, 0.15) is 20.3 Å². The summed E-state index contributed by atoms with van der Waals surface area (Å²) in [5.74, 6) is 1.27. The molecule has 0 saturated carbocycles. The summed E-state index contributed by atoms with van der Waals surface area (Å²) in [6, 6.07) is 1.57. The molecule has 0 aromatic carbocycles. The van der Waals surface area contributed by atoms with Gasteiger partial charge in [-0.05, 0) is 20.3 Å². The van der Waals surface area contributed by atoms with E-state index < -0.39 is 9.84 Å². The minimum atomic E-state index is -2.89. The number of hydrogen-bond donors (Lipinski definition) is 1. The van der Waals surface area contributed by atoms with Crippen LogP contribution in [-0.2, 0) is 9.84 Å². The van der Waals surface area contributed by atoms with Crippen LogP contribution in [0.4, 0.5) is 5.95 Å². The highest BCUT2D eigenvalue weighted by molar-refractivity contribution is 7.91. The van der Waals surface area contributed by atoms with Crippen LogP contribution in [0.5, 0.6) is 5.88 Å². The van der Waals surface area contributed by atoms with E-state index in [1.54, 1.807) is 12.3 Å². The number of rotatable bonds is 4. The smallest absolute Gasteiger partial charge is 0.226 e. The van der Waals surface area contributed by atoms with Crippen molar-refractivity contribution < 1.29 is 13.2 Å². The largest absolute Gasteiger partial charge is 0.475 e. The molecule has 1 saturated heterocycles. The predicted molar refractivity (Wildman–Crippen MR) is 68.5 cm³/mol. The van der Waals surface area contributed by atoms with E-state index in [2.05, 4.69) is 15.3 Å². The molecular formula is C11H17N3O3S. The Morgan fingerprint density at radius 2 is 2.28 bits per heavy atom. The molecule has 1 unspecified atom stereocenters. The second-order valence-corrected chi connectivity index (χ2v) is 6.86. The van der Waals surface area contributed by atoms with Crippen molar-refractivity contribution in [2.24, 2.45) is 0 Å². The summed E-state index contributed by atoms with van der Waals surface area (Å²) in [4.78, 5) is 8.25. The highest BCUT2D eigenvalue weighted by atomic mass is 32.2. The van der Waals surface area contributed by atoms with Gasteiger partial charge < -0.3 is 10.1 Å². The van der Waals surface area contributed by atoms with E-state index in [9.17, 15) is 8.42 Å². The summed E-state index contributed by atoms with van der Waals surface area (Å²) in [5, 5.41) is 3.03.